The van der Waals surface area contributed by atoms with Crippen LogP contribution in [0.4, 0.5) is 10.2 Å². The molecular formula is C27H21FN6O. The number of hydrogen-bond acceptors (Lipinski definition) is 6. The van der Waals surface area contributed by atoms with Gasteiger partial charge >= 0.3 is 0 Å². The zero-order valence-electron chi connectivity index (χ0n) is 18.8. The lowest BCUT2D eigenvalue weighted by Crippen LogP contribution is -2.29. The summed E-state index contributed by atoms with van der Waals surface area (Å²) >= 11 is 0. The molecule has 5 rings (SSSR count). The van der Waals surface area contributed by atoms with Crippen LogP contribution >= 0.6 is 0 Å². The van der Waals surface area contributed by atoms with Crippen molar-refractivity contribution >= 4 is 22.6 Å². The Morgan fingerprint density at radius 3 is 2.49 bits per heavy atom. The second kappa shape index (κ2) is 9.26. The lowest BCUT2D eigenvalue weighted by atomic mass is 10.0. The first kappa shape index (κ1) is 22.1. The van der Waals surface area contributed by atoms with Gasteiger partial charge in [0.05, 0.1) is 34.8 Å². The van der Waals surface area contributed by atoms with Crippen LogP contribution in [0.1, 0.15) is 29.1 Å². The van der Waals surface area contributed by atoms with E-state index in [4.69, 9.17) is 5.73 Å². The molecule has 0 aliphatic heterocycles. The van der Waals surface area contributed by atoms with Gasteiger partial charge in [-0.2, -0.15) is 0 Å². The number of fused-ring (bicyclic) bond motifs is 1. The van der Waals surface area contributed by atoms with E-state index in [0.717, 1.165) is 28.2 Å². The van der Waals surface area contributed by atoms with Crippen molar-refractivity contribution in [2.24, 2.45) is 0 Å². The zero-order chi connectivity index (χ0) is 24.4. The fourth-order valence-corrected chi connectivity index (χ4v) is 3.82. The van der Waals surface area contributed by atoms with Gasteiger partial charge in [-0.3, -0.25) is 14.8 Å². The molecule has 7 nitrogen and oxygen atoms in total. The minimum atomic E-state index is -0.503. The van der Waals surface area contributed by atoms with E-state index in [9.17, 15) is 9.18 Å². The third-order valence-electron chi connectivity index (χ3n) is 5.60. The third-order valence-corrected chi connectivity index (χ3v) is 5.60. The van der Waals surface area contributed by atoms with E-state index >= 15 is 0 Å². The van der Waals surface area contributed by atoms with Crippen molar-refractivity contribution < 1.29 is 9.18 Å². The van der Waals surface area contributed by atoms with Crippen molar-refractivity contribution in [3.63, 3.8) is 0 Å². The summed E-state index contributed by atoms with van der Waals surface area (Å²) in [4.78, 5) is 30.8. The topological polar surface area (TPSA) is 107 Å². The van der Waals surface area contributed by atoms with Crippen LogP contribution < -0.4 is 11.1 Å². The van der Waals surface area contributed by atoms with E-state index < -0.39 is 17.8 Å². The number of nitrogens with zero attached hydrogens (tertiary/aromatic N) is 4. The summed E-state index contributed by atoms with van der Waals surface area (Å²) in [5, 5.41) is 3.76. The van der Waals surface area contributed by atoms with Gasteiger partial charge < -0.3 is 11.1 Å². The molecule has 3 N–H and O–H groups in total. The van der Waals surface area contributed by atoms with Crippen LogP contribution in [0.15, 0.2) is 85.2 Å². The van der Waals surface area contributed by atoms with Crippen molar-refractivity contribution in [1.82, 2.24) is 25.3 Å². The minimum absolute atomic E-state index is 0.0000681. The SMILES string of the molecule is CC(NC(=O)c1nc(-c2ccc3ncccc3c2)c(-c2ccccc2)nc1N)c1ccc(F)cn1. The standard InChI is InChI=1S/C27H21FN6O/c1-16(21-12-10-20(28)15-31-21)32-27(35)25-26(29)34-23(17-6-3-2-4-7-17)24(33-25)19-9-11-22-18(14-19)8-5-13-30-22/h2-16H,1H3,(H2,29,34)(H,32,35). The molecule has 35 heavy (non-hydrogen) atoms. The molecule has 0 radical (unpaired) electrons. The number of halogens is 1. The van der Waals surface area contributed by atoms with Crippen molar-refractivity contribution in [1.29, 1.82) is 0 Å². The highest BCUT2D eigenvalue weighted by atomic mass is 19.1. The van der Waals surface area contributed by atoms with Crippen molar-refractivity contribution in [2.45, 2.75) is 13.0 Å². The Bertz CT molecular complexity index is 1520. The number of amides is 1. The number of carbonyl (C=O) groups excluding carboxylic acids is 1. The second-order valence-corrected chi connectivity index (χ2v) is 8.03. The Kier molecular flexibility index (Phi) is 5.85. The van der Waals surface area contributed by atoms with Crippen LogP contribution in [0.3, 0.4) is 0 Å². The zero-order valence-corrected chi connectivity index (χ0v) is 18.8. The summed E-state index contributed by atoms with van der Waals surface area (Å²) in [7, 11) is 0. The fourth-order valence-electron chi connectivity index (χ4n) is 3.82. The first-order valence-electron chi connectivity index (χ1n) is 11.0. The Hall–Kier alpha value is -4.72. The molecule has 8 heteroatoms. The van der Waals surface area contributed by atoms with E-state index in [2.05, 4.69) is 25.3 Å². The van der Waals surface area contributed by atoms with Gasteiger partial charge in [-0.05, 0) is 37.3 Å². The molecule has 3 heterocycles. The van der Waals surface area contributed by atoms with Crippen LogP contribution in [0, 0.1) is 5.82 Å². The Morgan fingerprint density at radius 2 is 1.71 bits per heavy atom. The van der Waals surface area contributed by atoms with E-state index in [-0.39, 0.29) is 11.5 Å². The smallest absolute Gasteiger partial charge is 0.274 e. The second-order valence-electron chi connectivity index (χ2n) is 8.03. The van der Waals surface area contributed by atoms with Crippen LogP contribution in [0.25, 0.3) is 33.4 Å². The number of nitrogens with two attached hydrogens (primary N) is 1. The number of nitrogens with one attached hydrogen (secondary N) is 1. The normalized spacial score (nSPS) is 11.8. The van der Waals surface area contributed by atoms with Gasteiger partial charge in [-0.25, -0.2) is 14.4 Å². The average Bonchev–Trinajstić information content (AvgIpc) is 2.89. The van der Waals surface area contributed by atoms with Crippen LogP contribution in [-0.4, -0.2) is 25.8 Å². The Balaban J connectivity index is 1.58. The summed E-state index contributed by atoms with van der Waals surface area (Å²) in [5.74, 6) is -0.946. The molecule has 0 saturated carbocycles. The summed E-state index contributed by atoms with van der Waals surface area (Å²) in [6, 6.07) is 21.4. The van der Waals surface area contributed by atoms with Crippen LogP contribution in [0.5, 0.6) is 0 Å². The third kappa shape index (κ3) is 4.54. The minimum Gasteiger partial charge on any atom is -0.382 e. The van der Waals surface area contributed by atoms with Gasteiger partial charge in [0.2, 0.25) is 0 Å². The molecular weight excluding hydrogens is 443 g/mol. The van der Waals surface area contributed by atoms with Gasteiger partial charge in [0.25, 0.3) is 5.91 Å². The number of nitrogen functional groups attached to an aromatic ring is 1. The van der Waals surface area contributed by atoms with E-state index in [1.54, 1.807) is 13.1 Å². The number of benzene rings is 2. The molecule has 0 fully saturated rings. The number of aromatic nitrogens is 4. The molecule has 0 aliphatic carbocycles. The molecule has 1 atom stereocenters. The molecule has 0 bridgehead atoms. The maximum Gasteiger partial charge on any atom is 0.274 e. The highest BCUT2D eigenvalue weighted by molar-refractivity contribution is 5.98. The van der Waals surface area contributed by atoms with Gasteiger partial charge in [0.15, 0.2) is 11.5 Å². The van der Waals surface area contributed by atoms with Gasteiger partial charge in [0.1, 0.15) is 5.82 Å². The Morgan fingerprint density at radius 1 is 0.914 bits per heavy atom. The lowest BCUT2D eigenvalue weighted by Gasteiger charge is -2.16. The number of pyridine rings is 2. The molecule has 1 unspecified atom stereocenters. The number of hydrogen-bond donors (Lipinski definition) is 2. The summed E-state index contributed by atoms with van der Waals surface area (Å²) in [5.41, 5.74) is 10.3. The van der Waals surface area contributed by atoms with E-state index in [0.29, 0.717) is 17.1 Å². The fraction of sp³-hybridized carbons (Fsp3) is 0.0741. The Labute approximate surface area is 200 Å². The monoisotopic (exact) mass is 464 g/mol. The predicted octanol–water partition coefficient (Wildman–Crippen LogP) is 4.97. The maximum atomic E-state index is 13.2. The lowest BCUT2D eigenvalue weighted by molar-refractivity contribution is 0.0935. The maximum absolute atomic E-state index is 13.2. The molecule has 172 valence electrons. The van der Waals surface area contributed by atoms with Crippen LogP contribution in [0.2, 0.25) is 0 Å². The largest absolute Gasteiger partial charge is 0.382 e. The predicted molar refractivity (Wildman–Crippen MR) is 133 cm³/mol. The molecule has 3 aromatic heterocycles. The van der Waals surface area contributed by atoms with Gasteiger partial charge in [-0.1, -0.05) is 42.5 Å². The highest BCUT2D eigenvalue weighted by Crippen LogP contribution is 2.32. The number of anilines is 1. The van der Waals surface area contributed by atoms with Gasteiger partial charge in [-0.15, -0.1) is 0 Å². The summed E-state index contributed by atoms with van der Waals surface area (Å²) < 4.78 is 13.2. The van der Waals surface area contributed by atoms with Crippen LogP contribution in [-0.2, 0) is 0 Å². The van der Waals surface area contributed by atoms with Crippen molar-refractivity contribution in [2.75, 3.05) is 5.73 Å². The number of carbonyl (C=O) groups is 1. The number of rotatable bonds is 5. The molecule has 2 aromatic carbocycles. The summed E-state index contributed by atoms with van der Waals surface area (Å²) in [6.45, 7) is 1.75. The molecule has 5 aromatic rings. The van der Waals surface area contributed by atoms with E-state index in [1.165, 1.54) is 12.1 Å². The first-order valence-corrected chi connectivity index (χ1v) is 11.0. The van der Waals surface area contributed by atoms with Crippen molar-refractivity contribution in [3.8, 4) is 22.5 Å². The quantitative estimate of drug-likeness (QED) is 0.381. The molecule has 0 saturated heterocycles. The van der Waals surface area contributed by atoms with E-state index in [1.807, 2.05) is 60.7 Å². The highest BCUT2D eigenvalue weighted by Gasteiger charge is 2.22. The average molecular weight is 465 g/mol. The molecule has 0 aliphatic rings. The van der Waals surface area contributed by atoms with Crippen molar-refractivity contribution in [3.05, 3.63) is 102 Å². The van der Waals surface area contributed by atoms with Gasteiger partial charge in [0, 0.05) is 22.7 Å². The molecule has 1 amide bonds. The summed E-state index contributed by atoms with van der Waals surface area (Å²) in [6.07, 6.45) is 2.84. The molecule has 0 spiro atoms. The first-order chi connectivity index (χ1) is 17.0.